The van der Waals surface area contributed by atoms with Crippen LogP contribution in [0, 0.1) is 0 Å². The molecule has 1 aromatic heterocycles. The summed E-state index contributed by atoms with van der Waals surface area (Å²) in [5.74, 6) is 0.128. The van der Waals surface area contributed by atoms with Crippen molar-refractivity contribution in [3.05, 3.63) is 39.6 Å². The van der Waals surface area contributed by atoms with Gasteiger partial charge in [-0.05, 0) is 25.0 Å². The molecule has 0 radical (unpaired) electrons. The van der Waals surface area contributed by atoms with Gasteiger partial charge in [0, 0.05) is 18.0 Å². The minimum absolute atomic E-state index is 0.128. The molecule has 0 spiro atoms. The predicted octanol–water partition coefficient (Wildman–Crippen LogP) is 3.37. The van der Waals surface area contributed by atoms with Crippen LogP contribution in [0.5, 0.6) is 0 Å². The minimum atomic E-state index is 0.128. The molecular formula is C16H21NO2S. The molecule has 3 nitrogen and oxygen atoms in total. The molecule has 0 bridgehead atoms. The third kappa shape index (κ3) is 3.58. The Morgan fingerprint density at radius 3 is 2.80 bits per heavy atom. The number of aryl methyl sites for hydroxylation is 1. The van der Waals surface area contributed by atoms with E-state index in [0.29, 0.717) is 26.3 Å². The number of thiophene rings is 1. The number of amides is 1. The molecule has 0 atom stereocenters. The molecule has 1 fully saturated rings. The van der Waals surface area contributed by atoms with E-state index in [4.69, 9.17) is 4.74 Å². The van der Waals surface area contributed by atoms with E-state index in [2.05, 4.69) is 13.5 Å². The van der Waals surface area contributed by atoms with E-state index >= 15 is 0 Å². The number of rotatable bonds is 4. The summed E-state index contributed by atoms with van der Waals surface area (Å²) in [7, 11) is 0. The highest BCUT2D eigenvalue weighted by Crippen LogP contribution is 2.26. The van der Waals surface area contributed by atoms with Gasteiger partial charge in [-0.1, -0.05) is 31.2 Å². The SMILES string of the molecule is C=C(C)/C=C\c1cc(C(=O)N2CCOCC2)sc1CC. The standard InChI is InChI=1S/C16H21NO2S/c1-4-14-13(6-5-12(2)3)11-15(20-14)16(18)17-7-9-19-10-8-17/h5-6,11H,2,4,7-10H2,1,3H3/b6-5-. The Hall–Kier alpha value is -1.39. The van der Waals surface area contributed by atoms with Crippen molar-refractivity contribution in [3.8, 4) is 0 Å². The van der Waals surface area contributed by atoms with Crippen LogP contribution in [0.3, 0.4) is 0 Å². The lowest BCUT2D eigenvalue weighted by atomic mass is 10.1. The zero-order chi connectivity index (χ0) is 14.5. The molecule has 1 aromatic rings. The van der Waals surface area contributed by atoms with Crippen molar-refractivity contribution >= 4 is 23.3 Å². The third-order valence-corrected chi connectivity index (χ3v) is 4.50. The van der Waals surface area contributed by atoms with E-state index in [1.54, 1.807) is 11.3 Å². The van der Waals surface area contributed by atoms with Gasteiger partial charge < -0.3 is 9.64 Å². The number of allylic oxidation sites excluding steroid dienone is 2. The first-order valence-corrected chi connectivity index (χ1v) is 7.76. The van der Waals surface area contributed by atoms with Crippen LogP contribution in [0.25, 0.3) is 6.08 Å². The van der Waals surface area contributed by atoms with Gasteiger partial charge in [0.15, 0.2) is 0 Å². The fourth-order valence-corrected chi connectivity index (χ4v) is 3.18. The molecule has 1 saturated heterocycles. The number of carbonyl (C=O) groups is 1. The van der Waals surface area contributed by atoms with Gasteiger partial charge in [0.25, 0.3) is 5.91 Å². The fraction of sp³-hybridized carbons (Fsp3) is 0.438. The number of ether oxygens (including phenoxy) is 1. The maximum atomic E-state index is 12.5. The van der Waals surface area contributed by atoms with Crippen LogP contribution in [-0.2, 0) is 11.2 Å². The van der Waals surface area contributed by atoms with Crippen molar-refractivity contribution in [3.63, 3.8) is 0 Å². The molecular weight excluding hydrogens is 270 g/mol. The van der Waals surface area contributed by atoms with Crippen LogP contribution < -0.4 is 0 Å². The molecule has 1 amide bonds. The van der Waals surface area contributed by atoms with Gasteiger partial charge in [-0.2, -0.15) is 0 Å². The average Bonchev–Trinajstić information content (AvgIpc) is 2.88. The summed E-state index contributed by atoms with van der Waals surface area (Å²) in [5.41, 5.74) is 2.15. The molecule has 108 valence electrons. The smallest absolute Gasteiger partial charge is 0.264 e. The van der Waals surface area contributed by atoms with Gasteiger partial charge in [0.2, 0.25) is 0 Å². The summed E-state index contributed by atoms with van der Waals surface area (Å²) in [5, 5.41) is 0. The Bertz CT molecular complexity index is 525. The second-order valence-electron chi connectivity index (χ2n) is 4.93. The van der Waals surface area contributed by atoms with Crippen molar-refractivity contribution in [2.45, 2.75) is 20.3 Å². The Labute approximate surface area is 124 Å². The number of carbonyl (C=O) groups excluding carboxylic acids is 1. The molecule has 0 unspecified atom stereocenters. The maximum absolute atomic E-state index is 12.5. The molecule has 4 heteroatoms. The first-order chi connectivity index (χ1) is 9.61. The Kier molecular flexibility index (Phi) is 5.15. The summed E-state index contributed by atoms with van der Waals surface area (Å²) in [6.07, 6.45) is 4.98. The fourth-order valence-electron chi connectivity index (χ4n) is 2.12. The van der Waals surface area contributed by atoms with Crippen LogP contribution in [0.2, 0.25) is 0 Å². The van der Waals surface area contributed by atoms with E-state index in [-0.39, 0.29) is 5.91 Å². The van der Waals surface area contributed by atoms with Crippen LogP contribution in [0.1, 0.15) is 34.0 Å². The molecule has 0 saturated carbocycles. The molecule has 2 heterocycles. The molecule has 20 heavy (non-hydrogen) atoms. The second-order valence-corrected chi connectivity index (χ2v) is 6.06. The van der Waals surface area contributed by atoms with Gasteiger partial charge in [-0.15, -0.1) is 11.3 Å². The van der Waals surface area contributed by atoms with Gasteiger partial charge in [0.1, 0.15) is 0 Å². The van der Waals surface area contributed by atoms with E-state index in [0.717, 1.165) is 22.4 Å². The molecule has 0 aromatic carbocycles. The third-order valence-electron chi connectivity index (χ3n) is 3.22. The largest absolute Gasteiger partial charge is 0.378 e. The summed E-state index contributed by atoms with van der Waals surface area (Å²) >= 11 is 1.60. The van der Waals surface area contributed by atoms with Crippen molar-refractivity contribution in [2.24, 2.45) is 0 Å². The van der Waals surface area contributed by atoms with Crippen LogP contribution >= 0.6 is 11.3 Å². The highest BCUT2D eigenvalue weighted by molar-refractivity contribution is 7.14. The molecule has 1 aliphatic rings. The highest BCUT2D eigenvalue weighted by atomic mass is 32.1. The van der Waals surface area contributed by atoms with Gasteiger partial charge >= 0.3 is 0 Å². The highest BCUT2D eigenvalue weighted by Gasteiger charge is 2.21. The topological polar surface area (TPSA) is 29.5 Å². The lowest BCUT2D eigenvalue weighted by Gasteiger charge is -2.26. The normalized spacial score (nSPS) is 15.8. The number of nitrogens with zero attached hydrogens (tertiary/aromatic N) is 1. The van der Waals surface area contributed by atoms with Crippen molar-refractivity contribution in [1.29, 1.82) is 0 Å². The van der Waals surface area contributed by atoms with Gasteiger partial charge in [-0.25, -0.2) is 0 Å². The Morgan fingerprint density at radius 1 is 1.50 bits per heavy atom. The van der Waals surface area contributed by atoms with Crippen molar-refractivity contribution < 1.29 is 9.53 Å². The number of hydrogen-bond donors (Lipinski definition) is 0. The lowest BCUT2D eigenvalue weighted by molar-refractivity contribution is 0.0306. The van der Waals surface area contributed by atoms with Crippen LogP contribution in [0.15, 0.2) is 24.3 Å². The van der Waals surface area contributed by atoms with Gasteiger partial charge in [-0.3, -0.25) is 4.79 Å². The van der Waals surface area contributed by atoms with Crippen LogP contribution in [-0.4, -0.2) is 37.1 Å². The van der Waals surface area contributed by atoms with Crippen molar-refractivity contribution in [1.82, 2.24) is 4.90 Å². The van der Waals surface area contributed by atoms with E-state index in [9.17, 15) is 4.79 Å². The average molecular weight is 291 g/mol. The number of hydrogen-bond acceptors (Lipinski definition) is 3. The quantitative estimate of drug-likeness (QED) is 0.796. The summed E-state index contributed by atoms with van der Waals surface area (Å²) < 4.78 is 5.29. The van der Waals surface area contributed by atoms with Gasteiger partial charge in [0.05, 0.1) is 18.1 Å². The summed E-state index contributed by atoms with van der Waals surface area (Å²) in [6.45, 7) is 10.6. The van der Waals surface area contributed by atoms with Crippen LogP contribution in [0.4, 0.5) is 0 Å². The minimum Gasteiger partial charge on any atom is -0.378 e. The zero-order valence-corrected chi connectivity index (χ0v) is 13.0. The molecule has 1 aliphatic heterocycles. The van der Waals surface area contributed by atoms with E-state index in [1.807, 2.05) is 30.0 Å². The summed E-state index contributed by atoms with van der Waals surface area (Å²) in [4.78, 5) is 16.4. The molecule has 0 N–H and O–H groups in total. The molecule has 0 aliphatic carbocycles. The maximum Gasteiger partial charge on any atom is 0.264 e. The van der Waals surface area contributed by atoms with E-state index < -0.39 is 0 Å². The Balaban J connectivity index is 2.19. The Morgan fingerprint density at radius 2 is 2.20 bits per heavy atom. The molecule has 2 rings (SSSR count). The lowest BCUT2D eigenvalue weighted by Crippen LogP contribution is -2.40. The first kappa shape index (κ1) is 15.0. The summed E-state index contributed by atoms with van der Waals surface area (Å²) in [6, 6.07) is 2.00. The monoisotopic (exact) mass is 291 g/mol. The first-order valence-electron chi connectivity index (χ1n) is 6.95. The van der Waals surface area contributed by atoms with E-state index in [1.165, 1.54) is 4.88 Å². The zero-order valence-electron chi connectivity index (χ0n) is 12.1. The second kappa shape index (κ2) is 6.86. The predicted molar refractivity (Wildman–Crippen MR) is 84.3 cm³/mol. The van der Waals surface area contributed by atoms with Crippen molar-refractivity contribution in [2.75, 3.05) is 26.3 Å². The number of morpholine rings is 1.